The van der Waals surface area contributed by atoms with E-state index >= 15 is 0 Å². The third-order valence-electron chi connectivity index (χ3n) is 2.42. The van der Waals surface area contributed by atoms with Gasteiger partial charge in [-0.05, 0) is 32.4 Å². The molecule has 0 unspecified atom stereocenters. The molecule has 1 aromatic rings. The molecular formula is C11H17N3O. The zero-order chi connectivity index (χ0) is 11.3. The number of pyridine rings is 1. The number of anilines is 1. The molecule has 0 fully saturated rings. The van der Waals surface area contributed by atoms with Gasteiger partial charge in [0.2, 0.25) is 0 Å². The third kappa shape index (κ3) is 2.68. The van der Waals surface area contributed by atoms with Crippen molar-refractivity contribution in [2.45, 2.75) is 20.8 Å². The van der Waals surface area contributed by atoms with Crippen LogP contribution in [-0.4, -0.2) is 29.5 Å². The second kappa shape index (κ2) is 5.34. The Bertz CT molecular complexity index is 346. The fourth-order valence-electron chi connectivity index (χ4n) is 1.47. The summed E-state index contributed by atoms with van der Waals surface area (Å²) in [6, 6.07) is 2.00. The first-order valence-corrected chi connectivity index (χ1v) is 5.11. The Morgan fingerprint density at radius 3 is 2.60 bits per heavy atom. The van der Waals surface area contributed by atoms with Gasteiger partial charge in [-0.1, -0.05) is 5.16 Å². The normalized spacial score (nSPS) is 10.9. The molecule has 4 nitrogen and oxygen atoms in total. The first-order chi connectivity index (χ1) is 7.22. The molecule has 1 N–H and O–H groups in total. The zero-order valence-electron chi connectivity index (χ0n) is 9.44. The van der Waals surface area contributed by atoms with Crippen LogP contribution < -0.4 is 4.90 Å². The van der Waals surface area contributed by atoms with Crippen molar-refractivity contribution in [1.82, 2.24) is 4.98 Å². The molecule has 0 amide bonds. The lowest BCUT2D eigenvalue weighted by atomic mass is 10.2. The molecule has 0 saturated heterocycles. The summed E-state index contributed by atoms with van der Waals surface area (Å²) in [7, 11) is 0. The number of rotatable bonds is 4. The molecule has 1 heterocycles. The Kier molecular flexibility index (Phi) is 4.09. The van der Waals surface area contributed by atoms with Gasteiger partial charge in [-0.2, -0.15) is 0 Å². The second-order valence-electron chi connectivity index (χ2n) is 3.32. The second-order valence-corrected chi connectivity index (χ2v) is 3.32. The highest BCUT2D eigenvalue weighted by Crippen LogP contribution is 2.14. The minimum absolute atomic E-state index is 0.841. The monoisotopic (exact) mass is 207 g/mol. The lowest BCUT2D eigenvalue weighted by Gasteiger charge is -2.20. The average molecular weight is 207 g/mol. The van der Waals surface area contributed by atoms with Crippen molar-refractivity contribution in [3.8, 4) is 0 Å². The van der Waals surface area contributed by atoms with Crippen LogP contribution in [0.1, 0.15) is 25.0 Å². The van der Waals surface area contributed by atoms with E-state index in [1.54, 1.807) is 6.20 Å². The van der Waals surface area contributed by atoms with Crippen molar-refractivity contribution in [2.75, 3.05) is 18.0 Å². The third-order valence-corrected chi connectivity index (χ3v) is 2.42. The van der Waals surface area contributed by atoms with Gasteiger partial charge in [-0.25, -0.2) is 4.98 Å². The summed E-state index contributed by atoms with van der Waals surface area (Å²) in [5.74, 6) is 0.965. The van der Waals surface area contributed by atoms with Crippen LogP contribution in [0.5, 0.6) is 0 Å². The molecule has 0 spiro atoms. The number of oxime groups is 1. The van der Waals surface area contributed by atoms with Gasteiger partial charge in [0, 0.05) is 24.8 Å². The number of nitrogens with zero attached hydrogens (tertiary/aromatic N) is 3. The van der Waals surface area contributed by atoms with Gasteiger partial charge in [0.25, 0.3) is 0 Å². The van der Waals surface area contributed by atoms with E-state index in [1.165, 1.54) is 6.21 Å². The van der Waals surface area contributed by atoms with E-state index in [1.807, 2.05) is 13.0 Å². The molecule has 4 heteroatoms. The van der Waals surface area contributed by atoms with E-state index in [4.69, 9.17) is 5.21 Å². The Hall–Kier alpha value is -1.58. The molecule has 0 aliphatic carbocycles. The first kappa shape index (κ1) is 11.5. The van der Waals surface area contributed by atoms with Gasteiger partial charge in [-0.15, -0.1) is 0 Å². The van der Waals surface area contributed by atoms with Gasteiger partial charge < -0.3 is 10.1 Å². The summed E-state index contributed by atoms with van der Waals surface area (Å²) < 4.78 is 0. The summed E-state index contributed by atoms with van der Waals surface area (Å²) >= 11 is 0. The molecule has 1 rings (SSSR count). The molecule has 0 atom stereocenters. The minimum atomic E-state index is 0.841. The lowest BCUT2D eigenvalue weighted by molar-refractivity contribution is 0.322. The topological polar surface area (TPSA) is 48.7 Å². The minimum Gasteiger partial charge on any atom is -0.411 e. The first-order valence-electron chi connectivity index (χ1n) is 5.11. The van der Waals surface area contributed by atoms with E-state index in [2.05, 4.69) is 28.9 Å². The number of aromatic nitrogens is 1. The molecule has 0 aliphatic rings. The van der Waals surface area contributed by atoms with Crippen LogP contribution in [-0.2, 0) is 0 Å². The Morgan fingerprint density at radius 1 is 1.47 bits per heavy atom. The van der Waals surface area contributed by atoms with Crippen LogP contribution in [0.25, 0.3) is 0 Å². The van der Waals surface area contributed by atoms with E-state index in [9.17, 15) is 0 Å². The van der Waals surface area contributed by atoms with Gasteiger partial charge >= 0.3 is 0 Å². The molecule has 0 aromatic carbocycles. The molecule has 0 bridgehead atoms. The number of hydrogen-bond donors (Lipinski definition) is 1. The molecule has 82 valence electrons. The SMILES string of the molecule is CCN(CC)c1cc(C)c(C=NO)cn1. The Balaban J connectivity index is 2.99. The highest BCUT2D eigenvalue weighted by molar-refractivity contribution is 5.81. The molecule has 0 saturated carbocycles. The Morgan fingerprint density at radius 2 is 2.13 bits per heavy atom. The lowest BCUT2D eigenvalue weighted by Crippen LogP contribution is -2.23. The fourth-order valence-corrected chi connectivity index (χ4v) is 1.47. The Labute approximate surface area is 90.2 Å². The van der Waals surface area contributed by atoms with E-state index < -0.39 is 0 Å². The summed E-state index contributed by atoms with van der Waals surface area (Å²) in [5.41, 5.74) is 1.90. The average Bonchev–Trinajstić information content (AvgIpc) is 2.24. The van der Waals surface area contributed by atoms with Crippen LogP contribution in [0, 0.1) is 6.92 Å². The van der Waals surface area contributed by atoms with E-state index in [-0.39, 0.29) is 0 Å². The molecule has 0 radical (unpaired) electrons. The maximum atomic E-state index is 8.45. The summed E-state index contributed by atoms with van der Waals surface area (Å²) in [4.78, 5) is 6.50. The van der Waals surface area contributed by atoms with Crippen LogP contribution in [0.3, 0.4) is 0 Å². The largest absolute Gasteiger partial charge is 0.411 e. The van der Waals surface area contributed by atoms with Crippen molar-refractivity contribution in [2.24, 2.45) is 5.16 Å². The molecule has 1 aromatic heterocycles. The zero-order valence-corrected chi connectivity index (χ0v) is 9.44. The van der Waals surface area contributed by atoms with Gasteiger partial charge in [0.05, 0.1) is 6.21 Å². The van der Waals surface area contributed by atoms with Crippen molar-refractivity contribution in [3.63, 3.8) is 0 Å². The van der Waals surface area contributed by atoms with Crippen molar-refractivity contribution in [3.05, 3.63) is 23.4 Å². The fraction of sp³-hybridized carbons (Fsp3) is 0.455. The van der Waals surface area contributed by atoms with Gasteiger partial charge in [0.1, 0.15) is 5.82 Å². The number of hydrogen-bond acceptors (Lipinski definition) is 4. The predicted molar refractivity (Wildman–Crippen MR) is 61.9 cm³/mol. The quantitative estimate of drug-likeness (QED) is 0.467. The van der Waals surface area contributed by atoms with Crippen molar-refractivity contribution >= 4 is 12.0 Å². The summed E-state index contributed by atoms with van der Waals surface area (Å²) in [5, 5.41) is 11.4. The highest BCUT2D eigenvalue weighted by atomic mass is 16.4. The number of aryl methyl sites for hydroxylation is 1. The maximum absolute atomic E-state index is 8.45. The van der Waals surface area contributed by atoms with Crippen molar-refractivity contribution in [1.29, 1.82) is 0 Å². The highest BCUT2D eigenvalue weighted by Gasteiger charge is 2.05. The molecule has 0 aliphatic heterocycles. The van der Waals surface area contributed by atoms with Crippen LogP contribution >= 0.6 is 0 Å². The smallest absolute Gasteiger partial charge is 0.128 e. The van der Waals surface area contributed by atoms with Crippen LogP contribution in [0.2, 0.25) is 0 Å². The van der Waals surface area contributed by atoms with Crippen molar-refractivity contribution < 1.29 is 5.21 Å². The summed E-state index contributed by atoms with van der Waals surface area (Å²) in [6.07, 6.45) is 3.12. The van der Waals surface area contributed by atoms with Crippen LogP contribution in [0.15, 0.2) is 17.4 Å². The van der Waals surface area contributed by atoms with Gasteiger partial charge in [-0.3, -0.25) is 0 Å². The van der Waals surface area contributed by atoms with Gasteiger partial charge in [0.15, 0.2) is 0 Å². The maximum Gasteiger partial charge on any atom is 0.128 e. The molecule has 15 heavy (non-hydrogen) atoms. The van der Waals surface area contributed by atoms with E-state index in [0.29, 0.717) is 0 Å². The predicted octanol–water partition coefficient (Wildman–Crippen LogP) is 2.04. The standard InChI is InChI=1S/C11H17N3O/c1-4-14(5-2)11-6-9(3)10(7-12-11)8-13-15/h6-8,15H,4-5H2,1-3H3. The van der Waals surface area contributed by atoms with E-state index in [0.717, 1.165) is 30.0 Å². The summed E-state index contributed by atoms with van der Waals surface area (Å²) in [6.45, 7) is 8.06. The molecular weight excluding hydrogens is 190 g/mol. The van der Waals surface area contributed by atoms with Crippen LogP contribution in [0.4, 0.5) is 5.82 Å².